The zero-order valence-electron chi connectivity index (χ0n) is 24.3. The number of aliphatic hydroxyl groups excluding tert-OH is 1. The highest BCUT2D eigenvalue weighted by molar-refractivity contribution is 6.32. The number of nitrogens with zero attached hydrogens (tertiary/aromatic N) is 3. The van der Waals surface area contributed by atoms with Crippen LogP contribution in [-0.4, -0.2) is 39.5 Å². The van der Waals surface area contributed by atoms with Gasteiger partial charge in [0.1, 0.15) is 36.3 Å². The molecule has 1 aliphatic heterocycles. The van der Waals surface area contributed by atoms with E-state index in [0.29, 0.717) is 33.2 Å². The van der Waals surface area contributed by atoms with Gasteiger partial charge in [-0.1, -0.05) is 41.9 Å². The Labute approximate surface area is 260 Å². The minimum Gasteiger partial charge on any atom is -0.488 e. The minimum atomic E-state index is -1.57. The molecule has 0 aliphatic carbocycles. The van der Waals surface area contributed by atoms with Gasteiger partial charge in [-0.15, -0.1) is 0 Å². The number of nitriles is 1. The summed E-state index contributed by atoms with van der Waals surface area (Å²) in [6, 6.07) is 19.5. The second kappa shape index (κ2) is 13.3. The number of carboxylic acid groups (broad SMARTS) is 1. The van der Waals surface area contributed by atoms with Crippen molar-refractivity contribution in [3.63, 3.8) is 0 Å². The molecule has 1 aromatic heterocycles. The van der Waals surface area contributed by atoms with Crippen LogP contribution < -0.4 is 14.8 Å². The molecule has 3 N–H and O–H groups in total. The number of halogens is 1. The summed E-state index contributed by atoms with van der Waals surface area (Å²) in [6.45, 7) is 3.21. The smallest absolute Gasteiger partial charge is 0.326 e. The number of carboxylic acids is 1. The second-order valence-electron chi connectivity index (χ2n) is 10.8. The number of rotatable bonds is 12. The summed E-state index contributed by atoms with van der Waals surface area (Å²) in [7, 11) is 0. The van der Waals surface area contributed by atoms with Gasteiger partial charge in [-0.05, 0) is 59.9 Å². The number of aliphatic hydroxyl groups is 1. The largest absolute Gasteiger partial charge is 0.488 e. The number of ether oxygens (including phenoxy) is 2. The van der Waals surface area contributed by atoms with Crippen molar-refractivity contribution in [2.45, 2.75) is 45.6 Å². The summed E-state index contributed by atoms with van der Waals surface area (Å²) in [4.78, 5) is 20.3. The third-order valence-corrected chi connectivity index (χ3v) is 7.95. The monoisotopic (exact) mass is 610 g/mol. The molecule has 0 radical (unpaired) electrons. The fraction of sp³-hybridized carbons (Fsp3) is 0.235. The van der Waals surface area contributed by atoms with Crippen LogP contribution in [0.4, 0.5) is 5.69 Å². The molecular formula is C34H31ClN4O5. The molecule has 0 amide bonds. The number of aliphatic carboxylic acids is 1. The molecule has 1 aliphatic rings. The summed E-state index contributed by atoms with van der Waals surface area (Å²) in [5, 5.41) is 31.7. The van der Waals surface area contributed by atoms with Crippen LogP contribution in [0.1, 0.15) is 40.3 Å². The first-order valence-corrected chi connectivity index (χ1v) is 14.3. The first kappa shape index (κ1) is 30.7. The number of aliphatic imine (C=N–C) groups is 1. The molecule has 3 aromatic carbocycles. The van der Waals surface area contributed by atoms with Crippen LogP contribution in [0.25, 0.3) is 11.1 Å². The van der Waals surface area contributed by atoms with Gasteiger partial charge in [-0.2, -0.15) is 5.26 Å². The first-order chi connectivity index (χ1) is 21.2. The van der Waals surface area contributed by atoms with Crippen molar-refractivity contribution in [2.24, 2.45) is 4.99 Å². The van der Waals surface area contributed by atoms with Gasteiger partial charge in [0.25, 0.3) is 0 Å². The number of fused-ring (bicyclic) bond motifs is 1. The predicted octanol–water partition coefficient (Wildman–Crippen LogP) is 5.92. The molecule has 5 rings (SSSR count). The number of benzene rings is 3. The topological polar surface area (TPSA) is 137 Å². The van der Waals surface area contributed by atoms with Crippen LogP contribution in [0.15, 0.2) is 72.0 Å². The Balaban J connectivity index is 1.39. The van der Waals surface area contributed by atoms with Crippen molar-refractivity contribution in [3.8, 4) is 28.7 Å². The van der Waals surface area contributed by atoms with Crippen LogP contribution >= 0.6 is 11.6 Å². The van der Waals surface area contributed by atoms with Gasteiger partial charge < -0.3 is 19.7 Å². The van der Waals surface area contributed by atoms with E-state index >= 15 is 0 Å². The van der Waals surface area contributed by atoms with Crippen molar-refractivity contribution in [1.82, 2.24) is 10.3 Å². The Morgan fingerprint density at radius 3 is 2.68 bits per heavy atom. The Hall–Kier alpha value is -4.75. The maximum atomic E-state index is 11.7. The standard InChI is InChI=1S/C34H31ClN4O5/c1-21-26(4-3-5-28(21)25-7-6-24-8-9-38-30(24)12-25)19-44-32-13-31(43-18-23-10-22(14-36)15-37-16-23)27(11-29(32)35)17-39-34(2,20-40)33(41)42/h3-7,9-13,15-16,39-40H,8,17-20H2,1-2H3,(H,41,42)/t34-/m1/s1. The van der Waals surface area contributed by atoms with Gasteiger partial charge >= 0.3 is 5.97 Å². The lowest BCUT2D eigenvalue weighted by atomic mass is 9.95. The quantitative estimate of drug-likeness (QED) is 0.180. The normalized spacial score (nSPS) is 13.2. The molecule has 0 fully saturated rings. The SMILES string of the molecule is Cc1c(COc2cc(OCc3cncc(C#N)c3)c(CN[C@](C)(CO)C(=O)O)cc2Cl)cccc1-c1ccc2c(c1)N=CC2. The molecule has 10 heteroatoms. The van der Waals surface area contributed by atoms with E-state index in [0.717, 1.165) is 34.4 Å². The van der Waals surface area contributed by atoms with Crippen LogP contribution in [0.2, 0.25) is 5.02 Å². The van der Waals surface area contributed by atoms with E-state index in [2.05, 4.69) is 52.6 Å². The molecule has 44 heavy (non-hydrogen) atoms. The molecule has 2 heterocycles. The number of aromatic nitrogens is 1. The van der Waals surface area contributed by atoms with Gasteiger partial charge in [0.2, 0.25) is 0 Å². The first-order valence-electron chi connectivity index (χ1n) is 14.0. The van der Waals surface area contributed by atoms with Crippen molar-refractivity contribution in [2.75, 3.05) is 6.61 Å². The molecule has 1 atom stereocenters. The van der Waals surface area contributed by atoms with Crippen molar-refractivity contribution in [1.29, 1.82) is 5.26 Å². The fourth-order valence-electron chi connectivity index (χ4n) is 4.81. The summed E-state index contributed by atoms with van der Waals surface area (Å²) in [5.74, 6) is -0.415. The minimum absolute atomic E-state index is 0.0428. The van der Waals surface area contributed by atoms with Crippen molar-refractivity contribution in [3.05, 3.63) is 105 Å². The van der Waals surface area contributed by atoms with E-state index in [9.17, 15) is 20.3 Å². The molecule has 0 bridgehead atoms. The maximum Gasteiger partial charge on any atom is 0.326 e. The third-order valence-electron chi connectivity index (χ3n) is 7.66. The average molecular weight is 611 g/mol. The van der Waals surface area contributed by atoms with E-state index in [4.69, 9.17) is 21.1 Å². The number of carbonyl (C=O) groups is 1. The van der Waals surface area contributed by atoms with Gasteiger partial charge in [-0.3, -0.25) is 20.1 Å². The van der Waals surface area contributed by atoms with Crippen molar-refractivity contribution < 1.29 is 24.5 Å². The molecule has 0 unspecified atom stereocenters. The fourth-order valence-corrected chi connectivity index (χ4v) is 5.05. The van der Waals surface area contributed by atoms with E-state index in [-0.39, 0.29) is 19.8 Å². The van der Waals surface area contributed by atoms with E-state index < -0.39 is 18.1 Å². The highest BCUT2D eigenvalue weighted by Gasteiger charge is 2.32. The molecular weight excluding hydrogens is 580 g/mol. The molecule has 224 valence electrons. The molecule has 4 aromatic rings. The predicted molar refractivity (Wildman–Crippen MR) is 168 cm³/mol. The maximum absolute atomic E-state index is 11.7. The highest BCUT2D eigenvalue weighted by atomic mass is 35.5. The summed E-state index contributed by atoms with van der Waals surface area (Å²) in [5.41, 5.74) is 6.51. The average Bonchev–Trinajstić information content (AvgIpc) is 3.51. The van der Waals surface area contributed by atoms with Crippen LogP contribution in [0.5, 0.6) is 11.5 Å². The van der Waals surface area contributed by atoms with Crippen molar-refractivity contribution >= 4 is 29.5 Å². The van der Waals surface area contributed by atoms with Gasteiger partial charge in [0.15, 0.2) is 0 Å². The van der Waals surface area contributed by atoms with Gasteiger partial charge in [0.05, 0.1) is 22.9 Å². The highest BCUT2D eigenvalue weighted by Crippen LogP contribution is 2.36. The second-order valence-corrected chi connectivity index (χ2v) is 11.2. The Morgan fingerprint density at radius 2 is 1.91 bits per heavy atom. The number of nitrogens with one attached hydrogen (secondary N) is 1. The number of hydrogen-bond acceptors (Lipinski definition) is 8. The number of pyridine rings is 1. The summed E-state index contributed by atoms with van der Waals surface area (Å²) >= 11 is 6.66. The summed E-state index contributed by atoms with van der Waals surface area (Å²) in [6.07, 6.45) is 5.84. The Bertz CT molecular complexity index is 1780. The lowest BCUT2D eigenvalue weighted by molar-refractivity contribution is -0.145. The molecule has 0 saturated carbocycles. The van der Waals surface area contributed by atoms with Gasteiger partial charge in [-0.25, -0.2) is 0 Å². The van der Waals surface area contributed by atoms with Crippen LogP contribution in [-0.2, 0) is 31.0 Å². The van der Waals surface area contributed by atoms with Crippen LogP contribution in [0.3, 0.4) is 0 Å². The zero-order chi connectivity index (χ0) is 31.3. The molecule has 9 nitrogen and oxygen atoms in total. The zero-order valence-corrected chi connectivity index (χ0v) is 25.1. The number of hydrogen-bond donors (Lipinski definition) is 3. The molecule has 0 spiro atoms. The lowest BCUT2D eigenvalue weighted by Crippen LogP contribution is -2.52. The third kappa shape index (κ3) is 6.74. The Kier molecular flexibility index (Phi) is 9.26. The van der Waals surface area contributed by atoms with E-state index in [1.807, 2.05) is 18.3 Å². The van der Waals surface area contributed by atoms with E-state index in [1.54, 1.807) is 24.4 Å². The van der Waals surface area contributed by atoms with E-state index in [1.165, 1.54) is 18.7 Å². The lowest BCUT2D eigenvalue weighted by Gasteiger charge is -2.25. The van der Waals surface area contributed by atoms with Crippen LogP contribution in [0, 0.1) is 18.3 Å². The Morgan fingerprint density at radius 1 is 1.09 bits per heavy atom. The van der Waals surface area contributed by atoms with Gasteiger partial charge in [0, 0.05) is 48.8 Å². The molecule has 0 saturated heterocycles. The summed E-state index contributed by atoms with van der Waals surface area (Å²) < 4.78 is 12.3.